The van der Waals surface area contributed by atoms with E-state index in [4.69, 9.17) is 14.2 Å². The van der Waals surface area contributed by atoms with Gasteiger partial charge in [-0.3, -0.25) is 9.59 Å². The fourth-order valence-corrected chi connectivity index (χ4v) is 4.78. The van der Waals surface area contributed by atoms with E-state index in [2.05, 4.69) is 15.6 Å². The molecule has 10 heteroatoms. The van der Waals surface area contributed by atoms with Gasteiger partial charge in [-0.2, -0.15) is 0 Å². The Kier molecular flexibility index (Phi) is 7.25. The normalized spacial score (nSPS) is 20.6. The number of nitrogens with one attached hydrogen (secondary N) is 1. The molecule has 0 aliphatic carbocycles. The summed E-state index contributed by atoms with van der Waals surface area (Å²) >= 11 is 0. The van der Waals surface area contributed by atoms with Gasteiger partial charge in [0.15, 0.2) is 11.5 Å². The lowest BCUT2D eigenvalue weighted by Crippen LogP contribution is -2.51. The Bertz CT molecular complexity index is 1260. The zero-order valence-corrected chi connectivity index (χ0v) is 21.1. The van der Waals surface area contributed by atoms with Crippen LogP contribution in [0.15, 0.2) is 48.7 Å². The van der Waals surface area contributed by atoms with Gasteiger partial charge in [0.05, 0.1) is 26.3 Å². The lowest BCUT2D eigenvalue weighted by atomic mass is 9.96. The number of hydrogen-bond donors (Lipinski definition) is 1. The largest absolute Gasteiger partial charge is 0.493 e. The van der Waals surface area contributed by atoms with Crippen molar-refractivity contribution in [1.82, 2.24) is 25.2 Å². The minimum atomic E-state index is -0.0748. The van der Waals surface area contributed by atoms with Crippen molar-refractivity contribution in [3.8, 4) is 17.2 Å². The molecule has 0 radical (unpaired) electrons. The number of hydrogen-bond acceptors (Lipinski definition) is 7. The highest BCUT2D eigenvalue weighted by molar-refractivity contribution is 5.95. The van der Waals surface area contributed by atoms with E-state index in [1.807, 2.05) is 36.1 Å². The molecule has 1 aromatic heterocycles. The van der Waals surface area contributed by atoms with Crippen molar-refractivity contribution in [2.45, 2.75) is 51.4 Å². The van der Waals surface area contributed by atoms with E-state index >= 15 is 0 Å². The third kappa shape index (κ3) is 5.84. The molecule has 1 fully saturated rings. The van der Waals surface area contributed by atoms with E-state index in [-0.39, 0.29) is 30.5 Å². The van der Waals surface area contributed by atoms with Crippen LogP contribution in [0.2, 0.25) is 0 Å². The third-order valence-electron chi connectivity index (χ3n) is 6.75. The number of ether oxygens (including phenoxy) is 3. The van der Waals surface area contributed by atoms with Crippen LogP contribution in [0.5, 0.6) is 17.2 Å². The van der Waals surface area contributed by atoms with Crippen molar-refractivity contribution in [2.75, 3.05) is 20.3 Å². The molecule has 2 amide bonds. The number of piperidine rings is 1. The summed E-state index contributed by atoms with van der Waals surface area (Å²) in [4.78, 5) is 27.9. The Morgan fingerprint density at radius 2 is 1.92 bits per heavy atom. The molecule has 3 aromatic rings. The monoisotopic (exact) mass is 505 g/mol. The summed E-state index contributed by atoms with van der Waals surface area (Å²) in [6, 6.07) is 12.7. The Morgan fingerprint density at radius 1 is 1.08 bits per heavy atom. The first-order chi connectivity index (χ1) is 18.0. The molecule has 0 saturated carbocycles. The zero-order chi connectivity index (χ0) is 25.8. The molecule has 8 bridgehead atoms. The van der Waals surface area contributed by atoms with Crippen LogP contribution < -0.4 is 19.5 Å². The molecule has 37 heavy (non-hydrogen) atoms. The highest BCUT2D eigenvalue weighted by atomic mass is 16.5. The van der Waals surface area contributed by atoms with E-state index in [1.165, 1.54) is 0 Å². The number of rotatable bonds is 1. The van der Waals surface area contributed by atoms with Gasteiger partial charge < -0.3 is 24.4 Å². The molecule has 0 unspecified atom stereocenters. The van der Waals surface area contributed by atoms with Crippen molar-refractivity contribution in [3.63, 3.8) is 0 Å². The average molecular weight is 506 g/mol. The number of amides is 2. The summed E-state index contributed by atoms with van der Waals surface area (Å²) in [6.07, 6.45) is 3.49. The summed E-state index contributed by atoms with van der Waals surface area (Å²) < 4.78 is 18.9. The zero-order valence-electron chi connectivity index (χ0n) is 21.1. The SMILES string of the molecule is COc1ccc2cc1OCc1cn(nn1)CCOc1ccc(cc1)CC(=O)N[C@H]1CCN(C2=O)[C@@H](C)C1. The molecule has 1 N–H and O–H groups in total. The summed E-state index contributed by atoms with van der Waals surface area (Å²) in [5.74, 6) is 1.62. The molecule has 194 valence electrons. The van der Waals surface area contributed by atoms with Crippen molar-refractivity contribution in [3.05, 3.63) is 65.5 Å². The van der Waals surface area contributed by atoms with Gasteiger partial charge in [-0.05, 0) is 55.7 Å². The predicted octanol–water partition coefficient (Wildman–Crippen LogP) is 2.61. The molecule has 2 atom stereocenters. The van der Waals surface area contributed by atoms with E-state index in [1.54, 1.807) is 36.2 Å². The summed E-state index contributed by atoms with van der Waals surface area (Å²) in [6.45, 7) is 3.68. The highest BCUT2D eigenvalue weighted by Crippen LogP contribution is 2.30. The number of aromatic nitrogens is 3. The fraction of sp³-hybridized carbons (Fsp3) is 0.407. The van der Waals surface area contributed by atoms with Gasteiger partial charge in [-0.15, -0.1) is 5.10 Å². The number of nitrogens with zero attached hydrogens (tertiary/aromatic N) is 4. The number of carbonyl (C=O) groups is 2. The molecule has 4 aliphatic heterocycles. The highest BCUT2D eigenvalue weighted by Gasteiger charge is 2.30. The number of benzene rings is 2. The van der Waals surface area contributed by atoms with Gasteiger partial charge in [-0.25, -0.2) is 4.68 Å². The van der Waals surface area contributed by atoms with Gasteiger partial charge in [0, 0.05) is 24.2 Å². The lowest BCUT2D eigenvalue weighted by molar-refractivity contribution is -0.121. The van der Waals surface area contributed by atoms with Crippen LogP contribution in [0.25, 0.3) is 0 Å². The minimum Gasteiger partial charge on any atom is -0.493 e. The second kappa shape index (κ2) is 10.9. The average Bonchev–Trinajstić information content (AvgIpc) is 3.35. The maximum absolute atomic E-state index is 13.4. The van der Waals surface area contributed by atoms with Crippen molar-refractivity contribution < 1.29 is 23.8 Å². The Hall–Kier alpha value is -4.08. The first kappa shape index (κ1) is 24.6. The van der Waals surface area contributed by atoms with Crippen molar-refractivity contribution >= 4 is 11.8 Å². The Morgan fingerprint density at radius 3 is 2.70 bits per heavy atom. The van der Waals surface area contributed by atoms with E-state index in [0.29, 0.717) is 61.7 Å². The number of fused-ring (bicyclic) bond motifs is 2. The molecule has 0 spiro atoms. The van der Waals surface area contributed by atoms with Crippen molar-refractivity contribution in [1.29, 1.82) is 0 Å². The Balaban J connectivity index is 1.38. The summed E-state index contributed by atoms with van der Waals surface area (Å²) in [7, 11) is 1.56. The van der Waals surface area contributed by atoms with E-state index in [9.17, 15) is 9.59 Å². The maximum Gasteiger partial charge on any atom is 0.254 e. The van der Waals surface area contributed by atoms with Crippen LogP contribution in [0.1, 0.15) is 41.4 Å². The smallest absolute Gasteiger partial charge is 0.254 e. The molecule has 7 rings (SSSR count). The number of carbonyl (C=O) groups excluding carboxylic acids is 2. The third-order valence-corrected chi connectivity index (χ3v) is 6.75. The fourth-order valence-electron chi connectivity index (χ4n) is 4.78. The van der Waals surface area contributed by atoms with Gasteiger partial charge in [-0.1, -0.05) is 17.3 Å². The molecular formula is C27H31N5O5. The molecular weight excluding hydrogens is 474 g/mol. The van der Waals surface area contributed by atoms with Crippen LogP contribution in [0.3, 0.4) is 0 Å². The molecule has 4 aliphatic rings. The second-order valence-corrected chi connectivity index (χ2v) is 9.43. The van der Waals surface area contributed by atoms with Gasteiger partial charge in [0.2, 0.25) is 5.91 Å². The lowest BCUT2D eigenvalue weighted by Gasteiger charge is -2.38. The summed E-state index contributed by atoms with van der Waals surface area (Å²) in [5.41, 5.74) is 2.09. The minimum absolute atomic E-state index is 0.0221. The van der Waals surface area contributed by atoms with Crippen LogP contribution in [-0.4, -0.2) is 64.1 Å². The second-order valence-electron chi connectivity index (χ2n) is 9.43. The van der Waals surface area contributed by atoms with E-state index < -0.39 is 0 Å². The van der Waals surface area contributed by atoms with Crippen LogP contribution in [0, 0.1) is 0 Å². The maximum atomic E-state index is 13.4. The van der Waals surface area contributed by atoms with E-state index in [0.717, 1.165) is 11.3 Å². The standard InChI is InChI=1S/C27H31N5O5/c1-18-13-21-9-10-32(18)27(34)20-5-8-24(35-2)25(15-20)37-17-22-16-31(30-29-22)11-12-36-23-6-3-19(4-7-23)14-26(33)28-21/h3-8,15-16,18,21H,9-14,17H2,1-2H3,(H,28,33)/t18-,21-/m0/s1. The summed E-state index contributed by atoms with van der Waals surface area (Å²) in [5, 5.41) is 11.5. The Labute approximate surface area is 215 Å². The molecule has 10 nitrogen and oxygen atoms in total. The molecule has 2 aromatic carbocycles. The van der Waals surface area contributed by atoms with Crippen LogP contribution >= 0.6 is 0 Å². The quantitative estimate of drug-likeness (QED) is 0.542. The van der Waals surface area contributed by atoms with Gasteiger partial charge in [0.25, 0.3) is 5.91 Å². The van der Waals surface area contributed by atoms with Gasteiger partial charge >= 0.3 is 0 Å². The molecule has 1 saturated heterocycles. The van der Waals surface area contributed by atoms with Crippen LogP contribution in [-0.2, 0) is 24.4 Å². The predicted molar refractivity (Wildman–Crippen MR) is 135 cm³/mol. The van der Waals surface area contributed by atoms with Crippen LogP contribution in [0.4, 0.5) is 0 Å². The topological polar surface area (TPSA) is 108 Å². The molecule has 5 heterocycles. The first-order valence-corrected chi connectivity index (χ1v) is 12.5. The van der Waals surface area contributed by atoms with Crippen molar-refractivity contribution in [2.24, 2.45) is 0 Å². The number of methoxy groups -OCH3 is 1. The first-order valence-electron chi connectivity index (χ1n) is 12.5. The van der Waals surface area contributed by atoms with Gasteiger partial charge in [0.1, 0.15) is 24.7 Å².